The second kappa shape index (κ2) is 4.16. The number of hydrogen-bond acceptors (Lipinski definition) is 1. The zero-order valence-corrected chi connectivity index (χ0v) is 6.97. The molecule has 0 heterocycles. The van der Waals surface area contributed by atoms with Gasteiger partial charge in [0.2, 0.25) is 5.91 Å². The molecule has 0 unspecified atom stereocenters. The predicted molar refractivity (Wildman–Crippen MR) is 45.2 cm³/mol. The number of amides is 1. The van der Waals surface area contributed by atoms with Crippen LogP contribution in [-0.4, -0.2) is 11.9 Å². The summed E-state index contributed by atoms with van der Waals surface area (Å²) in [7, 11) is 0. The maximum atomic E-state index is 11.0. The molecule has 1 saturated carbocycles. The summed E-state index contributed by atoms with van der Waals surface area (Å²) in [5, 5.41) is 2.92. The normalized spacial score (nSPS) is 17.2. The van der Waals surface area contributed by atoms with Crippen LogP contribution >= 0.6 is 0 Å². The van der Waals surface area contributed by atoms with E-state index in [0.29, 0.717) is 12.5 Å². The van der Waals surface area contributed by atoms with Crippen LogP contribution in [0.1, 0.15) is 32.6 Å². The summed E-state index contributed by atoms with van der Waals surface area (Å²) in [4.78, 5) is 11.0. The monoisotopic (exact) mass is 153 g/mol. The van der Waals surface area contributed by atoms with Crippen molar-refractivity contribution < 1.29 is 4.79 Å². The highest BCUT2D eigenvalue weighted by Gasteiger charge is 2.22. The van der Waals surface area contributed by atoms with Gasteiger partial charge in [-0.2, -0.15) is 0 Å². The van der Waals surface area contributed by atoms with Crippen LogP contribution in [0.4, 0.5) is 0 Å². The van der Waals surface area contributed by atoms with Crippen molar-refractivity contribution in [1.82, 2.24) is 5.32 Å². The van der Waals surface area contributed by atoms with Gasteiger partial charge in [-0.1, -0.05) is 19.1 Å². The van der Waals surface area contributed by atoms with E-state index in [9.17, 15) is 4.79 Å². The number of nitrogens with one attached hydrogen (secondary N) is 1. The first-order valence-corrected chi connectivity index (χ1v) is 4.27. The number of allylic oxidation sites excluding steroid dienone is 1. The van der Waals surface area contributed by atoms with Crippen LogP contribution in [-0.2, 0) is 4.79 Å². The van der Waals surface area contributed by atoms with Crippen LogP contribution in [0.15, 0.2) is 12.2 Å². The molecule has 0 spiro atoms. The molecule has 1 fully saturated rings. The van der Waals surface area contributed by atoms with Crippen molar-refractivity contribution in [3.05, 3.63) is 12.2 Å². The Kier molecular flexibility index (Phi) is 3.14. The molecule has 1 N–H and O–H groups in total. The molecular weight excluding hydrogens is 138 g/mol. The van der Waals surface area contributed by atoms with Crippen LogP contribution in [0, 0.1) is 0 Å². The van der Waals surface area contributed by atoms with Gasteiger partial charge in [0, 0.05) is 12.5 Å². The Balaban J connectivity index is 2.04. The molecule has 62 valence electrons. The molecule has 0 aromatic heterocycles. The Morgan fingerprint density at radius 2 is 2.27 bits per heavy atom. The highest BCUT2D eigenvalue weighted by atomic mass is 16.1. The van der Waals surface area contributed by atoms with Crippen molar-refractivity contribution in [2.45, 2.75) is 38.6 Å². The lowest BCUT2D eigenvalue weighted by molar-refractivity contribution is -0.120. The van der Waals surface area contributed by atoms with Crippen LogP contribution in [0.2, 0.25) is 0 Å². The highest BCUT2D eigenvalue weighted by molar-refractivity contribution is 5.78. The summed E-state index contributed by atoms with van der Waals surface area (Å²) in [5.41, 5.74) is 0. The van der Waals surface area contributed by atoms with Gasteiger partial charge in [0.15, 0.2) is 0 Å². The van der Waals surface area contributed by atoms with Gasteiger partial charge >= 0.3 is 0 Å². The lowest BCUT2D eigenvalue weighted by atomic mass is 10.3. The lowest BCUT2D eigenvalue weighted by Crippen LogP contribution is -2.24. The smallest absolute Gasteiger partial charge is 0.224 e. The van der Waals surface area contributed by atoms with Gasteiger partial charge < -0.3 is 5.32 Å². The van der Waals surface area contributed by atoms with Crippen molar-refractivity contribution in [1.29, 1.82) is 0 Å². The minimum atomic E-state index is 0.164. The average molecular weight is 153 g/mol. The fourth-order valence-corrected chi connectivity index (χ4v) is 0.871. The molecule has 2 nitrogen and oxygen atoms in total. The van der Waals surface area contributed by atoms with Crippen molar-refractivity contribution in [3.8, 4) is 0 Å². The van der Waals surface area contributed by atoms with Crippen LogP contribution in [0.5, 0.6) is 0 Å². The van der Waals surface area contributed by atoms with Crippen molar-refractivity contribution in [2.24, 2.45) is 0 Å². The van der Waals surface area contributed by atoms with Gasteiger partial charge in [-0.3, -0.25) is 4.79 Å². The molecule has 1 aliphatic rings. The highest BCUT2D eigenvalue weighted by Crippen LogP contribution is 2.18. The molecule has 1 aliphatic carbocycles. The summed E-state index contributed by atoms with van der Waals surface area (Å²) < 4.78 is 0. The van der Waals surface area contributed by atoms with E-state index in [1.54, 1.807) is 0 Å². The molecule has 1 rings (SSSR count). The van der Waals surface area contributed by atoms with Crippen molar-refractivity contribution >= 4 is 5.91 Å². The second-order valence-corrected chi connectivity index (χ2v) is 2.93. The van der Waals surface area contributed by atoms with Crippen molar-refractivity contribution in [2.75, 3.05) is 0 Å². The van der Waals surface area contributed by atoms with E-state index < -0.39 is 0 Å². The molecule has 0 aromatic carbocycles. The van der Waals surface area contributed by atoms with Gasteiger partial charge in [0.05, 0.1) is 0 Å². The van der Waals surface area contributed by atoms with Crippen molar-refractivity contribution in [3.63, 3.8) is 0 Å². The summed E-state index contributed by atoms with van der Waals surface area (Å²) in [5.74, 6) is 0.164. The molecular formula is C9H15NO. The molecule has 0 radical (unpaired) electrons. The Morgan fingerprint density at radius 1 is 1.55 bits per heavy atom. The summed E-state index contributed by atoms with van der Waals surface area (Å²) in [6.07, 6.45) is 7.84. The average Bonchev–Trinajstić information content (AvgIpc) is 2.72. The molecule has 0 bridgehead atoms. The Bertz CT molecular complexity index is 159. The second-order valence-electron chi connectivity index (χ2n) is 2.93. The van der Waals surface area contributed by atoms with Gasteiger partial charge in [-0.05, 0) is 19.3 Å². The number of hydrogen-bond donors (Lipinski definition) is 1. The first-order chi connectivity index (χ1) is 5.33. The van der Waals surface area contributed by atoms with E-state index in [-0.39, 0.29) is 5.91 Å². The molecule has 2 heteroatoms. The lowest BCUT2D eigenvalue weighted by Gasteiger charge is -1.97. The third-order valence-corrected chi connectivity index (χ3v) is 1.65. The van der Waals surface area contributed by atoms with Gasteiger partial charge in [0.1, 0.15) is 0 Å². The third kappa shape index (κ3) is 3.81. The van der Waals surface area contributed by atoms with Gasteiger partial charge in [0.25, 0.3) is 0 Å². The fourth-order valence-electron chi connectivity index (χ4n) is 0.871. The van der Waals surface area contributed by atoms with E-state index in [1.165, 1.54) is 12.8 Å². The number of rotatable bonds is 4. The molecule has 0 aliphatic heterocycles. The minimum absolute atomic E-state index is 0.164. The Hall–Kier alpha value is -0.790. The van der Waals surface area contributed by atoms with E-state index in [4.69, 9.17) is 0 Å². The maximum absolute atomic E-state index is 11.0. The Morgan fingerprint density at radius 3 is 2.82 bits per heavy atom. The number of carbonyl (C=O) groups is 1. The van der Waals surface area contributed by atoms with Gasteiger partial charge in [-0.25, -0.2) is 0 Å². The minimum Gasteiger partial charge on any atom is -0.353 e. The largest absolute Gasteiger partial charge is 0.353 e. The fraction of sp³-hybridized carbons (Fsp3) is 0.667. The molecule has 1 amide bonds. The van der Waals surface area contributed by atoms with E-state index >= 15 is 0 Å². The van der Waals surface area contributed by atoms with Crippen LogP contribution < -0.4 is 5.32 Å². The zero-order valence-electron chi connectivity index (χ0n) is 6.97. The molecule has 0 atom stereocenters. The molecule has 0 saturated heterocycles. The standard InChI is InChI=1S/C9H15NO/c1-2-3-4-5-9(11)10-8-6-7-8/h3-4,8H,2,5-7H2,1H3,(H,10,11). The number of carbonyl (C=O) groups excluding carboxylic acids is 1. The SMILES string of the molecule is CCC=CCC(=O)NC1CC1. The summed E-state index contributed by atoms with van der Waals surface area (Å²) in [6, 6.07) is 0.498. The molecule has 11 heavy (non-hydrogen) atoms. The third-order valence-electron chi connectivity index (χ3n) is 1.65. The first-order valence-electron chi connectivity index (χ1n) is 4.27. The van der Waals surface area contributed by atoms with Gasteiger partial charge in [-0.15, -0.1) is 0 Å². The van der Waals surface area contributed by atoms with E-state index in [0.717, 1.165) is 6.42 Å². The van der Waals surface area contributed by atoms with Crippen LogP contribution in [0.25, 0.3) is 0 Å². The topological polar surface area (TPSA) is 29.1 Å². The molecule has 0 aromatic rings. The first kappa shape index (κ1) is 8.31. The zero-order chi connectivity index (χ0) is 8.10. The summed E-state index contributed by atoms with van der Waals surface area (Å²) in [6.45, 7) is 2.06. The summed E-state index contributed by atoms with van der Waals surface area (Å²) >= 11 is 0. The van der Waals surface area contributed by atoms with E-state index in [2.05, 4.69) is 12.2 Å². The van der Waals surface area contributed by atoms with E-state index in [1.807, 2.05) is 12.2 Å². The maximum Gasteiger partial charge on any atom is 0.224 e. The Labute approximate surface area is 67.7 Å². The van der Waals surface area contributed by atoms with Crippen LogP contribution in [0.3, 0.4) is 0 Å². The predicted octanol–water partition coefficient (Wildman–Crippen LogP) is 1.62. The quantitative estimate of drug-likeness (QED) is 0.611.